The van der Waals surface area contributed by atoms with E-state index in [9.17, 15) is 23.1 Å². The maximum Gasteiger partial charge on any atom is 0.312 e. The number of carbonyl (C=O) groups excluding carboxylic acids is 1. The van der Waals surface area contributed by atoms with Crippen LogP contribution < -0.4 is 4.90 Å². The monoisotopic (exact) mass is 355 g/mol. The quantitative estimate of drug-likeness (QED) is 0.870. The van der Waals surface area contributed by atoms with Crippen LogP contribution in [0.4, 0.5) is 5.69 Å². The number of thioether (sulfide) groups is 1. The fraction of sp³-hybridized carbons (Fsp3) is 0.467. The first-order valence-corrected chi connectivity index (χ1v) is 10.2. The summed E-state index contributed by atoms with van der Waals surface area (Å²) in [6.45, 7) is 0.136. The summed E-state index contributed by atoms with van der Waals surface area (Å²) < 4.78 is 22.9. The van der Waals surface area contributed by atoms with Crippen molar-refractivity contribution in [1.82, 2.24) is 0 Å². The van der Waals surface area contributed by atoms with E-state index in [2.05, 4.69) is 0 Å². The summed E-state index contributed by atoms with van der Waals surface area (Å²) in [7, 11) is -2.95. The molecule has 1 N–H and O–H groups in total. The molecule has 0 aliphatic carbocycles. The highest BCUT2D eigenvalue weighted by Gasteiger charge is 2.36. The lowest BCUT2D eigenvalue weighted by molar-refractivity contribution is -0.138. The zero-order chi connectivity index (χ0) is 16.6. The summed E-state index contributed by atoms with van der Waals surface area (Å²) in [5.41, 5.74) is 1.30. The van der Waals surface area contributed by atoms with E-state index in [4.69, 9.17) is 0 Å². The molecular weight excluding hydrogens is 338 g/mol. The molecule has 2 aliphatic heterocycles. The zero-order valence-corrected chi connectivity index (χ0v) is 14.0. The van der Waals surface area contributed by atoms with Crippen molar-refractivity contribution in [2.75, 3.05) is 28.7 Å². The third kappa shape index (κ3) is 3.37. The molecule has 23 heavy (non-hydrogen) atoms. The maximum absolute atomic E-state index is 12.5. The van der Waals surface area contributed by atoms with Crippen LogP contribution in [-0.2, 0) is 19.4 Å². The number of nitrogens with zero attached hydrogens (tertiary/aromatic N) is 1. The van der Waals surface area contributed by atoms with E-state index in [1.807, 2.05) is 0 Å². The lowest BCUT2D eigenvalue weighted by atomic mass is 10.0. The first-order chi connectivity index (χ1) is 10.9. The van der Waals surface area contributed by atoms with Crippen LogP contribution in [0, 0.1) is 0 Å². The Bertz CT molecular complexity index is 746. The Kier molecular flexibility index (Phi) is 4.37. The van der Waals surface area contributed by atoms with Gasteiger partial charge in [-0.1, -0.05) is 18.2 Å². The molecule has 0 radical (unpaired) electrons. The van der Waals surface area contributed by atoms with Gasteiger partial charge in [-0.15, -0.1) is 11.8 Å². The number of carboxylic acids is 1. The second kappa shape index (κ2) is 6.16. The van der Waals surface area contributed by atoms with Crippen LogP contribution in [0.2, 0.25) is 0 Å². The van der Waals surface area contributed by atoms with Gasteiger partial charge < -0.3 is 10.0 Å². The molecule has 1 amide bonds. The Morgan fingerprint density at radius 2 is 2.04 bits per heavy atom. The topological polar surface area (TPSA) is 91.8 Å². The van der Waals surface area contributed by atoms with Gasteiger partial charge in [-0.25, -0.2) is 8.42 Å². The molecule has 2 heterocycles. The first-order valence-electron chi connectivity index (χ1n) is 7.31. The highest BCUT2D eigenvalue weighted by atomic mass is 32.2. The molecule has 8 heteroatoms. The van der Waals surface area contributed by atoms with E-state index in [-0.39, 0.29) is 35.0 Å². The van der Waals surface area contributed by atoms with Crippen molar-refractivity contribution in [2.45, 2.75) is 17.6 Å². The molecular formula is C15H17NO5S2. The highest BCUT2D eigenvalue weighted by molar-refractivity contribution is 8.02. The molecule has 1 aromatic carbocycles. The average Bonchev–Trinajstić information content (AvgIpc) is 3.05. The van der Waals surface area contributed by atoms with E-state index in [1.54, 1.807) is 24.3 Å². The van der Waals surface area contributed by atoms with Crippen molar-refractivity contribution < 1.29 is 23.1 Å². The third-order valence-corrected chi connectivity index (χ3v) is 7.47. The average molecular weight is 355 g/mol. The number of hydrogen-bond donors (Lipinski definition) is 1. The SMILES string of the molecule is O=C(O)C1CN(C(=O)CSC2CCS(=O)(=O)C2)c2ccccc21. The van der Waals surface area contributed by atoms with Crippen LogP contribution in [0.3, 0.4) is 0 Å². The molecule has 1 aromatic rings. The predicted octanol–water partition coefficient (Wildman–Crippen LogP) is 1.12. The summed E-state index contributed by atoms with van der Waals surface area (Å²) in [6.07, 6.45) is 0.578. The van der Waals surface area contributed by atoms with Gasteiger partial charge in [0.2, 0.25) is 5.91 Å². The van der Waals surface area contributed by atoms with E-state index < -0.39 is 21.7 Å². The number of anilines is 1. The molecule has 0 saturated carbocycles. The van der Waals surface area contributed by atoms with Gasteiger partial charge in [0.25, 0.3) is 0 Å². The highest BCUT2D eigenvalue weighted by Crippen LogP contribution is 2.37. The van der Waals surface area contributed by atoms with Crippen LogP contribution in [0.15, 0.2) is 24.3 Å². The summed E-state index contributed by atoms with van der Waals surface area (Å²) in [5.74, 6) is -1.34. The number of para-hydroxylation sites is 1. The van der Waals surface area contributed by atoms with Gasteiger partial charge in [-0.3, -0.25) is 9.59 Å². The second-order valence-electron chi connectivity index (χ2n) is 5.79. The van der Waals surface area contributed by atoms with Crippen molar-refractivity contribution in [1.29, 1.82) is 0 Å². The number of rotatable bonds is 4. The van der Waals surface area contributed by atoms with Crippen molar-refractivity contribution in [3.05, 3.63) is 29.8 Å². The van der Waals surface area contributed by atoms with Gasteiger partial charge in [-0.05, 0) is 18.1 Å². The molecule has 0 aromatic heterocycles. The fourth-order valence-electron chi connectivity index (χ4n) is 3.01. The van der Waals surface area contributed by atoms with E-state index in [1.165, 1.54) is 16.7 Å². The van der Waals surface area contributed by atoms with Crippen molar-refractivity contribution in [3.8, 4) is 0 Å². The first kappa shape index (κ1) is 16.3. The Hall–Kier alpha value is -1.54. The molecule has 1 saturated heterocycles. The van der Waals surface area contributed by atoms with Crippen LogP contribution in [0.25, 0.3) is 0 Å². The van der Waals surface area contributed by atoms with Crippen LogP contribution in [0.1, 0.15) is 17.9 Å². The Morgan fingerprint density at radius 3 is 2.70 bits per heavy atom. The summed E-state index contributed by atoms with van der Waals surface area (Å²) >= 11 is 1.35. The van der Waals surface area contributed by atoms with Crippen LogP contribution in [-0.4, -0.2) is 54.5 Å². The molecule has 124 valence electrons. The minimum absolute atomic E-state index is 0.0444. The van der Waals surface area contributed by atoms with Gasteiger partial charge in [0.05, 0.1) is 17.3 Å². The Labute approximate surface area is 138 Å². The molecule has 2 aliphatic rings. The number of fused-ring (bicyclic) bond motifs is 1. The second-order valence-corrected chi connectivity index (χ2v) is 9.31. The van der Waals surface area contributed by atoms with Crippen LogP contribution >= 0.6 is 11.8 Å². The fourth-order valence-corrected chi connectivity index (χ4v) is 6.53. The Morgan fingerprint density at radius 1 is 1.30 bits per heavy atom. The number of carbonyl (C=O) groups is 2. The molecule has 0 bridgehead atoms. The van der Waals surface area contributed by atoms with Crippen molar-refractivity contribution in [3.63, 3.8) is 0 Å². The lowest BCUT2D eigenvalue weighted by Crippen LogP contribution is -2.33. The molecule has 0 spiro atoms. The smallest absolute Gasteiger partial charge is 0.312 e. The summed E-state index contributed by atoms with van der Waals surface area (Å²) in [4.78, 5) is 25.3. The molecule has 1 fully saturated rings. The molecule has 2 unspecified atom stereocenters. The van der Waals surface area contributed by atoms with E-state index in [0.29, 0.717) is 17.7 Å². The molecule has 6 nitrogen and oxygen atoms in total. The number of aliphatic carboxylic acids is 1. The van der Waals surface area contributed by atoms with Crippen molar-refractivity contribution in [2.24, 2.45) is 0 Å². The van der Waals surface area contributed by atoms with Gasteiger partial charge in [0, 0.05) is 17.5 Å². The number of sulfone groups is 1. The third-order valence-electron chi connectivity index (χ3n) is 4.20. The number of carboxylic acid groups (broad SMARTS) is 1. The zero-order valence-electron chi connectivity index (χ0n) is 12.3. The van der Waals surface area contributed by atoms with E-state index in [0.717, 1.165) is 0 Å². The number of amides is 1. The molecule has 3 rings (SSSR count). The summed E-state index contributed by atoms with van der Waals surface area (Å²) in [6, 6.07) is 7.03. The minimum atomic E-state index is -2.95. The summed E-state index contributed by atoms with van der Waals surface area (Å²) in [5, 5.41) is 9.27. The maximum atomic E-state index is 12.5. The normalized spacial score (nSPS) is 25.3. The van der Waals surface area contributed by atoms with Crippen molar-refractivity contribution >= 4 is 39.2 Å². The number of benzene rings is 1. The molecule has 2 atom stereocenters. The van der Waals surface area contributed by atoms with Gasteiger partial charge in [0.15, 0.2) is 9.84 Å². The largest absolute Gasteiger partial charge is 0.481 e. The van der Waals surface area contributed by atoms with Gasteiger partial charge in [0.1, 0.15) is 5.92 Å². The van der Waals surface area contributed by atoms with Gasteiger partial charge in [-0.2, -0.15) is 0 Å². The van der Waals surface area contributed by atoms with E-state index >= 15 is 0 Å². The Balaban J connectivity index is 1.68. The number of hydrogen-bond acceptors (Lipinski definition) is 5. The van der Waals surface area contributed by atoms with Gasteiger partial charge >= 0.3 is 5.97 Å². The predicted molar refractivity (Wildman–Crippen MR) is 88.7 cm³/mol. The standard InChI is InChI=1S/C15H17NO5S2/c17-14(8-22-10-5-6-23(20,21)9-10)16-7-12(15(18)19)11-3-1-2-4-13(11)16/h1-4,10,12H,5-9H2,(H,18,19). The van der Waals surface area contributed by atoms with Crippen LogP contribution in [0.5, 0.6) is 0 Å². The minimum Gasteiger partial charge on any atom is -0.481 e. The lowest BCUT2D eigenvalue weighted by Gasteiger charge is -2.18.